The standard InChI is InChI=1S/C45H48N2O5/c1-3-13-35(14-4-2)36-23-25-37(26-24-36)43(49)45(51)47-32-41(52-40-29-27-39(48)28-30-40)31-42(47)44(50)46-38(21-11-19-33-15-7-5-8-16-33)22-12-20-34-17-9-6-10-18-34/h3-10,13-18,23-30,38,41-42,48H,1,11-12,19-22,31-32H2,2H3,(H,46,50)/b14-4-,35-13+/t41-,42?/m1/s1. The minimum atomic E-state index is -0.889. The average molecular weight is 697 g/mol. The van der Waals surface area contributed by atoms with Gasteiger partial charge in [-0.15, -0.1) is 0 Å². The van der Waals surface area contributed by atoms with E-state index in [1.807, 2.05) is 61.5 Å². The van der Waals surface area contributed by atoms with Gasteiger partial charge in [0.15, 0.2) is 0 Å². The number of aryl methyl sites for hydroxylation is 2. The number of rotatable bonds is 17. The lowest BCUT2D eigenvalue weighted by molar-refractivity contribution is -0.135. The van der Waals surface area contributed by atoms with Crippen LogP contribution < -0.4 is 10.1 Å². The maximum Gasteiger partial charge on any atom is 0.295 e. The number of hydrogen-bond acceptors (Lipinski definition) is 5. The van der Waals surface area contributed by atoms with Crippen LogP contribution in [0.5, 0.6) is 11.5 Å². The molecule has 1 aliphatic rings. The molecule has 0 spiro atoms. The van der Waals surface area contributed by atoms with Gasteiger partial charge in [0.05, 0.1) is 6.54 Å². The number of aromatic hydroxyl groups is 1. The third-order valence-corrected chi connectivity index (χ3v) is 9.35. The molecule has 7 nitrogen and oxygen atoms in total. The number of ketones is 1. The van der Waals surface area contributed by atoms with Crippen LogP contribution in [0.25, 0.3) is 5.57 Å². The Balaban J connectivity index is 1.33. The van der Waals surface area contributed by atoms with Crippen molar-refractivity contribution in [1.82, 2.24) is 10.2 Å². The summed E-state index contributed by atoms with van der Waals surface area (Å²) in [5.41, 5.74) is 4.55. The highest BCUT2D eigenvalue weighted by molar-refractivity contribution is 6.43. The van der Waals surface area contributed by atoms with Crippen molar-refractivity contribution in [2.75, 3.05) is 6.54 Å². The summed E-state index contributed by atoms with van der Waals surface area (Å²) >= 11 is 0. The zero-order chi connectivity index (χ0) is 36.7. The van der Waals surface area contributed by atoms with Crippen molar-refractivity contribution in [2.45, 2.75) is 70.1 Å². The second-order valence-electron chi connectivity index (χ2n) is 13.2. The SMILES string of the molecule is C=C/C=C(\C=C/C)c1ccc(C(=O)C(=O)N2C[C@H](Oc3ccc(O)cc3)CC2C(=O)NC(CCCc2ccccc2)CCCc2ccccc2)cc1. The molecule has 4 aromatic carbocycles. The molecule has 2 N–H and O–H groups in total. The normalized spacial score (nSPS) is 15.9. The van der Waals surface area contributed by atoms with Crippen LogP contribution >= 0.6 is 0 Å². The van der Waals surface area contributed by atoms with Crippen LogP contribution in [0.2, 0.25) is 0 Å². The molecule has 0 aromatic heterocycles. The Kier molecular flexibility index (Phi) is 13.8. The van der Waals surface area contributed by atoms with E-state index < -0.39 is 23.8 Å². The Labute approximate surface area is 307 Å². The van der Waals surface area contributed by atoms with Crippen LogP contribution in [0.3, 0.4) is 0 Å². The highest BCUT2D eigenvalue weighted by Crippen LogP contribution is 2.27. The molecule has 0 bridgehead atoms. The van der Waals surface area contributed by atoms with Crippen molar-refractivity contribution >= 4 is 23.2 Å². The molecule has 2 atom stereocenters. The van der Waals surface area contributed by atoms with Gasteiger partial charge in [0, 0.05) is 18.0 Å². The van der Waals surface area contributed by atoms with Gasteiger partial charge in [0.2, 0.25) is 11.7 Å². The maximum absolute atomic E-state index is 14.2. The molecule has 1 aliphatic heterocycles. The number of Topliss-reactive ketones (excluding diaryl/α,β-unsaturated/α-hetero) is 1. The first kappa shape index (κ1) is 37.6. The fraction of sp³-hybridized carbons (Fsp3) is 0.267. The largest absolute Gasteiger partial charge is 0.508 e. The molecule has 1 unspecified atom stereocenters. The van der Waals surface area contributed by atoms with Gasteiger partial charge in [-0.3, -0.25) is 14.4 Å². The number of amides is 2. The summed E-state index contributed by atoms with van der Waals surface area (Å²) in [6.07, 6.45) is 12.3. The number of nitrogens with zero attached hydrogens (tertiary/aromatic N) is 1. The van der Waals surface area contributed by atoms with Crippen LogP contribution in [0.4, 0.5) is 0 Å². The smallest absolute Gasteiger partial charge is 0.295 e. The molecule has 268 valence electrons. The number of benzene rings is 4. The van der Waals surface area contributed by atoms with Crippen LogP contribution in [0.15, 0.2) is 140 Å². The zero-order valence-electron chi connectivity index (χ0n) is 29.8. The van der Waals surface area contributed by atoms with Gasteiger partial charge in [0.1, 0.15) is 23.6 Å². The molecule has 1 heterocycles. The van der Waals surface area contributed by atoms with Crippen molar-refractivity contribution in [3.63, 3.8) is 0 Å². The Bertz CT molecular complexity index is 1790. The first-order valence-corrected chi connectivity index (χ1v) is 18.1. The lowest BCUT2D eigenvalue weighted by Crippen LogP contribution is -2.50. The highest BCUT2D eigenvalue weighted by Gasteiger charge is 2.43. The Morgan fingerprint density at radius 1 is 0.846 bits per heavy atom. The van der Waals surface area contributed by atoms with Gasteiger partial charge < -0.3 is 20.1 Å². The van der Waals surface area contributed by atoms with Crippen LogP contribution in [-0.4, -0.2) is 52.3 Å². The van der Waals surface area contributed by atoms with Gasteiger partial charge in [-0.1, -0.05) is 116 Å². The number of ether oxygens (including phenoxy) is 1. The number of phenolic OH excluding ortho intramolecular Hbond substituents is 1. The van der Waals surface area contributed by atoms with Crippen molar-refractivity contribution in [3.05, 3.63) is 162 Å². The van der Waals surface area contributed by atoms with E-state index in [1.54, 1.807) is 42.5 Å². The summed E-state index contributed by atoms with van der Waals surface area (Å²) in [7, 11) is 0. The molecule has 1 saturated heterocycles. The predicted octanol–water partition coefficient (Wildman–Crippen LogP) is 8.30. The summed E-state index contributed by atoms with van der Waals surface area (Å²) in [5, 5.41) is 13.0. The third kappa shape index (κ3) is 10.7. The molecule has 52 heavy (non-hydrogen) atoms. The Morgan fingerprint density at radius 2 is 1.42 bits per heavy atom. The van der Waals surface area contributed by atoms with Gasteiger partial charge in [-0.05, 0) is 92.0 Å². The van der Waals surface area contributed by atoms with Crippen LogP contribution in [0, 0.1) is 0 Å². The van der Waals surface area contributed by atoms with Crippen LogP contribution in [-0.2, 0) is 22.4 Å². The molecule has 7 heteroatoms. The lowest BCUT2D eigenvalue weighted by atomic mass is 9.98. The summed E-state index contributed by atoms with van der Waals surface area (Å²) in [4.78, 5) is 43.1. The second kappa shape index (κ2) is 19.1. The van der Waals surface area contributed by atoms with Crippen molar-refractivity contribution < 1.29 is 24.2 Å². The van der Waals surface area contributed by atoms with Crippen LogP contribution in [0.1, 0.15) is 66.1 Å². The van der Waals surface area contributed by atoms with Crippen molar-refractivity contribution in [3.8, 4) is 11.5 Å². The van der Waals surface area contributed by atoms with E-state index in [0.29, 0.717) is 5.75 Å². The summed E-state index contributed by atoms with van der Waals surface area (Å²) < 4.78 is 6.18. The molecule has 5 rings (SSSR count). The molecule has 4 aromatic rings. The van der Waals surface area contributed by atoms with Gasteiger partial charge in [-0.25, -0.2) is 0 Å². The van der Waals surface area contributed by atoms with Crippen molar-refractivity contribution in [1.29, 1.82) is 0 Å². The summed E-state index contributed by atoms with van der Waals surface area (Å²) in [6.45, 7) is 5.78. The third-order valence-electron chi connectivity index (χ3n) is 9.35. The van der Waals surface area contributed by atoms with Gasteiger partial charge in [-0.2, -0.15) is 0 Å². The molecular weight excluding hydrogens is 649 g/mol. The lowest BCUT2D eigenvalue weighted by Gasteiger charge is -2.26. The van der Waals surface area contributed by atoms with E-state index >= 15 is 0 Å². The quantitative estimate of drug-likeness (QED) is 0.0658. The van der Waals surface area contributed by atoms with Crippen molar-refractivity contribution in [2.24, 2.45) is 0 Å². The minimum Gasteiger partial charge on any atom is -0.508 e. The number of allylic oxidation sites excluding steroid dienone is 5. The van der Waals surface area contributed by atoms with E-state index in [1.165, 1.54) is 28.2 Å². The van der Waals surface area contributed by atoms with E-state index in [4.69, 9.17) is 4.74 Å². The first-order chi connectivity index (χ1) is 25.3. The maximum atomic E-state index is 14.2. The number of hydrogen-bond donors (Lipinski definition) is 2. The minimum absolute atomic E-state index is 0.0712. The van der Waals surface area contributed by atoms with Gasteiger partial charge in [0.25, 0.3) is 5.91 Å². The predicted molar refractivity (Wildman–Crippen MR) is 207 cm³/mol. The van der Waals surface area contributed by atoms with E-state index in [2.05, 4.69) is 36.2 Å². The average Bonchev–Trinajstić information content (AvgIpc) is 3.60. The monoisotopic (exact) mass is 696 g/mol. The fourth-order valence-electron chi connectivity index (χ4n) is 6.68. The van der Waals surface area contributed by atoms with E-state index in [0.717, 1.165) is 49.7 Å². The number of carbonyl (C=O) groups is 3. The van der Waals surface area contributed by atoms with E-state index in [9.17, 15) is 19.5 Å². The molecule has 0 saturated carbocycles. The molecule has 0 aliphatic carbocycles. The first-order valence-electron chi connectivity index (χ1n) is 18.1. The highest BCUT2D eigenvalue weighted by atomic mass is 16.5. The second-order valence-corrected chi connectivity index (χ2v) is 13.2. The summed E-state index contributed by atoms with van der Waals surface area (Å²) in [5.74, 6) is -1.11. The zero-order valence-corrected chi connectivity index (χ0v) is 29.8. The summed E-state index contributed by atoms with van der Waals surface area (Å²) in [6, 6.07) is 32.8. The molecular formula is C45H48N2O5. The number of phenols is 1. The Morgan fingerprint density at radius 3 is 1.98 bits per heavy atom. The molecule has 2 amide bonds. The number of carbonyl (C=O) groups excluding carboxylic acids is 3. The number of likely N-dealkylation sites (tertiary alicyclic amines) is 1. The van der Waals surface area contributed by atoms with Gasteiger partial charge >= 0.3 is 0 Å². The van der Waals surface area contributed by atoms with E-state index in [-0.39, 0.29) is 36.2 Å². The Hall–Kier alpha value is -5.69. The molecule has 0 radical (unpaired) electrons. The number of nitrogens with one attached hydrogen (secondary N) is 1. The molecule has 1 fully saturated rings. The topological polar surface area (TPSA) is 95.9 Å². The fourth-order valence-corrected chi connectivity index (χ4v) is 6.68.